The molecule has 0 amide bonds. The Morgan fingerprint density at radius 3 is 2.72 bits per heavy atom. The van der Waals surface area contributed by atoms with Crippen LogP contribution in [-0.2, 0) is 6.42 Å². The van der Waals surface area contributed by atoms with E-state index >= 15 is 0 Å². The Morgan fingerprint density at radius 1 is 1.39 bits per heavy atom. The number of thiophene rings is 1. The first-order chi connectivity index (χ1) is 8.61. The molecular formula is C14H15BrO2S. The van der Waals surface area contributed by atoms with Crippen LogP contribution >= 0.6 is 27.3 Å². The highest BCUT2D eigenvalue weighted by Gasteiger charge is 2.12. The SMILES string of the molecule is COc1ccc(CC(O)c2cscc2C)cc1Br. The Balaban J connectivity index is 2.15. The molecule has 2 nitrogen and oxygen atoms in total. The maximum Gasteiger partial charge on any atom is 0.133 e. The van der Waals surface area contributed by atoms with Crippen LogP contribution in [-0.4, -0.2) is 12.2 Å². The van der Waals surface area contributed by atoms with Gasteiger partial charge in [0.25, 0.3) is 0 Å². The van der Waals surface area contributed by atoms with Crippen molar-refractivity contribution in [3.63, 3.8) is 0 Å². The summed E-state index contributed by atoms with van der Waals surface area (Å²) < 4.78 is 6.10. The largest absolute Gasteiger partial charge is 0.496 e. The predicted molar refractivity (Wildman–Crippen MR) is 78.4 cm³/mol. The van der Waals surface area contributed by atoms with Gasteiger partial charge in [0.2, 0.25) is 0 Å². The fourth-order valence-electron chi connectivity index (χ4n) is 1.88. The van der Waals surface area contributed by atoms with E-state index in [1.165, 1.54) is 0 Å². The van der Waals surface area contributed by atoms with Crippen molar-refractivity contribution in [3.05, 3.63) is 50.1 Å². The van der Waals surface area contributed by atoms with Gasteiger partial charge in [-0.05, 0) is 62.4 Å². The van der Waals surface area contributed by atoms with Gasteiger partial charge in [-0.2, -0.15) is 11.3 Å². The molecule has 2 rings (SSSR count). The molecule has 0 aliphatic rings. The van der Waals surface area contributed by atoms with E-state index in [4.69, 9.17) is 4.74 Å². The van der Waals surface area contributed by atoms with Crippen LogP contribution in [0.3, 0.4) is 0 Å². The van der Waals surface area contributed by atoms with Crippen molar-refractivity contribution in [2.24, 2.45) is 0 Å². The van der Waals surface area contributed by atoms with E-state index in [-0.39, 0.29) is 0 Å². The maximum absolute atomic E-state index is 10.2. The minimum Gasteiger partial charge on any atom is -0.496 e. The van der Waals surface area contributed by atoms with E-state index in [0.29, 0.717) is 6.42 Å². The van der Waals surface area contributed by atoms with Crippen molar-refractivity contribution in [3.8, 4) is 5.75 Å². The molecule has 1 aromatic carbocycles. The molecule has 1 heterocycles. The molecule has 1 atom stereocenters. The number of hydrogen-bond donors (Lipinski definition) is 1. The van der Waals surface area contributed by atoms with Crippen molar-refractivity contribution in [2.75, 3.05) is 7.11 Å². The molecule has 18 heavy (non-hydrogen) atoms. The number of halogens is 1. The van der Waals surface area contributed by atoms with Crippen molar-refractivity contribution >= 4 is 27.3 Å². The summed E-state index contributed by atoms with van der Waals surface area (Å²) in [5.74, 6) is 0.806. The van der Waals surface area contributed by atoms with Crippen molar-refractivity contribution in [2.45, 2.75) is 19.4 Å². The van der Waals surface area contributed by atoms with Gasteiger partial charge in [-0.25, -0.2) is 0 Å². The number of aryl methyl sites for hydroxylation is 1. The number of aliphatic hydroxyl groups excluding tert-OH is 1. The highest BCUT2D eigenvalue weighted by atomic mass is 79.9. The molecule has 0 spiro atoms. The van der Waals surface area contributed by atoms with Crippen LogP contribution in [0.15, 0.2) is 33.4 Å². The van der Waals surface area contributed by atoms with E-state index < -0.39 is 6.10 Å². The lowest BCUT2D eigenvalue weighted by atomic mass is 10.0. The number of methoxy groups -OCH3 is 1. The van der Waals surface area contributed by atoms with Crippen LogP contribution in [0.1, 0.15) is 22.8 Å². The Hall–Kier alpha value is -0.840. The van der Waals surface area contributed by atoms with E-state index in [2.05, 4.69) is 21.3 Å². The highest BCUT2D eigenvalue weighted by molar-refractivity contribution is 9.10. The normalized spacial score (nSPS) is 12.4. The molecule has 2 aromatic rings. The Kier molecular flexibility index (Phi) is 4.43. The van der Waals surface area contributed by atoms with Gasteiger partial charge in [-0.15, -0.1) is 0 Å². The van der Waals surface area contributed by atoms with Gasteiger partial charge in [0.1, 0.15) is 5.75 Å². The van der Waals surface area contributed by atoms with Crippen molar-refractivity contribution in [1.82, 2.24) is 0 Å². The zero-order chi connectivity index (χ0) is 13.1. The number of rotatable bonds is 4. The van der Waals surface area contributed by atoms with Crippen LogP contribution in [0.25, 0.3) is 0 Å². The zero-order valence-corrected chi connectivity index (χ0v) is 12.7. The van der Waals surface area contributed by atoms with Crippen LogP contribution in [0.2, 0.25) is 0 Å². The number of benzene rings is 1. The second kappa shape index (κ2) is 5.87. The van der Waals surface area contributed by atoms with Gasteiger partial charge >= 0.3 is 0 Å². The molecule has 0 saturated heterocycles. The van der Waals surface area contributed by atoms with Gasteiger partial charge in [0.15, 0.2) is 0 Å². The van der Waals surface area contributed by atoms with E-state index in [1.807, 2.05) is 30.5 Å². The van der Waals surface area contributed by atoms with Crippen molar-refractivity contribution < 1.29 is 9.84 Å². The van der Waals surface area contributed by atoms with E-state index in [1.54, 1.807) is 18.4 Å². The third-order valence-corrected chi connectivity index (χ3v) is 4.40. The first-order valence-corrected chi connectivity index (χ1v) is 7.38. The summed E-state index contributed by atoms with van der Waals surface area (Å²) in [5.41, 5.74) is 3.26. The average molecular weight is 327 g/mol. The summed E-state index contributed by atoms with van der Waals surface area (Å²) in [7, 11) is 1.64. The van der Waals surface area contributed by atoms with Gasteiger partial charge in [0.05, 0.1) is 17.7 Å². The number of hydrogen-bond acceptors (Lipinski definition) is 3. The van der Waals surface area contributed by atoms with Gasteiger partial charge in [-0.1, -0.05) is 6.07 Å². The summed E-state index contributed by atoms with van der Waals surface area (Å²) in [6, 6.07) is 5.88. The first kappa shape index (κ1) is 13.6. The molecule has 0 aliphatic heterocycles. The molecule has 1 unspecified atom stereocenters. The summed E-state index contributed by atoms with van der Waals surface area (Å²) in [4.78, 5) is 0. The van der Waals surface area contributed by atoms with Crippen LogP contribution in [0.5, 0.6) is 5.75 Å². The first-order valence-electron chi connectivity index (χ1n) is 5.65. The monoisotopic (exact) mass is 326 g/mol. The molecule has 0 aliphatic carbocycles. The molecule has 0 saturated carbocycles. The second-order valence-electron chi connectivity index (χ2n) is 4.20. The third kappa shape index (κ3) is 2.94. The Labute approximate surface area is 119 Å². The minimum atomic E-state index is -0.448. The topological polar surface area (TPSA) is 29.5 Å². The van der Waals surface area contributed by atoms with Gasteiger partial charge in [-0.3, -0.25) is 0 Å². The lowest BCUT2D eigenvalue weighted by molar-refractivity contribution is 0.178. The molecule has 4 heteroatoms. The smallest absolute Gasteiger partial charge is 0.133 e. The maximum atomic E-state index is 10.2. The van der Waals surface area contributed by atoms with E-state index in [9.17, 15) is 5.11 Å². The number of aliphatic hydroxyl groups is 1. The highest BCUT2D eigenvalue weighted by Crippen LogP contribution is 2.29. The summed E-state index contributed by atoms with van der Waals surface area (Å²) in [6.45, 7) is 2.03. The standard InChI is InChI=1S/C14H15BrO2S/c1-9-7-18-8-11(9)13(16)6-10-3-4-14(17-2)12(15)5-10/h3-5,7-8,13,16H,6H2,1-2H3. The second-order valence-corrected chi connectivity index (χ2v) is 5.80. The number of ether oxygens (including phenoxy) is 1. The predicted octanol–water partition coefficient (Wildman–Crippen LogP) is 4.10. The third-order valence-electron chi connectivity index (χ3n) is 2.90. The fraction of sp³-hybridized carbons (Fsp3) is 0.286. The van der Waals surface area contributed by atoms with Crippen molar-refractivity contribution in [1.29, 1.82) is 0 Å². The Bertz CT molecular complexity index is 536. The molecule has 1 N–H and O–H groups in total. The van der Waals surface area contributed by atoms with Crippen LogP contribution in [0, 0.1) is 6.92 Å². The van der Waals surface area contributed by atoms with Crippen LogP contribution in [0.4, 0.5) is 0 Å². The fourth-order valence-corrected chi connectivity index (χ4v) is 3.37. The van der Waals surface area contributed by atoms with E-state index in [0.717, 1.165) is 26.9 Å². The lowest BCUT2D eigenvalue weighted by Crippen LogP contribution is -2.02. The van der Waals surface area contributed by atoms with Crippen LogP contribution < -0.4 is 4.74 Å². The molecular weight excluding hydrogens is 312 g/mol. The molecule has 0 fully saturated rings. The summed E-state index contributed by atoms with van der Waals surface area (Å²) >= 11 is 5.08. The zero-order valence-electron chi connectivity index (χ0n) is 10.3. The molecule has 96 valence electrons. The lowest BCUT2D eigenvalue weighted by Gasteiger charge is -2.12. The van der Waals surface area contributed by atoms with Gasteiger partial charge < -0.3 is 9.84 Å². The summed E-state index contributed by atoms with van der Waals surface area (Å²) in [6.07, 6.45) is 0.164. The average Bonchev–Trinajstić information content (AvgIpc) is 2.76. The summed E-state index contributed by atoms with van der Waals surface area (Å²) in [5, 5.41) is 14.3. The molecule has 0 radical (unpaired) electrons. The molecule has 0 bridgehead atoms. The minimum absolute atomic E-state index is 0.448. The quantitative estimate of drug-likeness (QED) is 0.916. The van der Waals surface area contributed by atoms with Gasteiger partial charge in [0, 0.05) is 6.42 Å². The molecule has 1 aromatic heterocycles. The Morgan fingerprint density at radius 2 is 2.17 bits per heavy atom.